The van der Waals surface area contributed by atoms with E-state index in [0.717, 1.165) is 19.1 Å². The molecule has 52 valence electrons. The lowest BCUT2D eigenvalue weighted by molar-refractivity contribution is -0.104. The average molecular weight is 128 g/mol. The van der Waals surface area contributed by atoms with E-state index in [9.17, 15) is 4.79 Å². The summed E-state index contributed by atoms with van der Waals surface area (Å²) in [5.74, 6) is 0. The first-order valence-electron chi connectivity index (χ1n) is 3.05. The third-order valence-electron chi connectivity index (χ3n) is 0.966. The van der Waals surface area contributed by atoms with E-state index in [2.05, 4.69) is 0 Å². The monoisotopic (exact) mass is 128 g/mol. The van der Waals surface area contributed by atoms with E-state index in [1.165, 1.54) is 6.08 Å². The maximum absolute atomic E-state index is 9.70. The number of carbonyl (C=O) groups is 1. The van der Waals surface area contributed by atoms with Gasteiger partial charge in [-0.3, -0.25) is 4.79 Å². The highest BCUT2D eigenvalue weighted by atomic mass is 16.3. The Hall–Kier alpha value is -0.630. The van der Waals surface area contributed by atoms with E-state index in [1.54, 1.807) is 13.0 Å². The van der Waals surface area contributed by atoms with Crippen molar-refractivity contribution >= 4 is 6.29 Å². The first-order chi connectivity index (χ1) is 4.27. The lowest BCUT2D eigenvalue weighted by atomic mass is 10.2. The molecule has 0 saturated heterocycles. The van der Waals surface area contributed by atoms with E-state index >= 15 is 0 Å². The molecule has 0 aromatic rings. The normalized spacial score (nSPS) is 14.0. The standard InChI is InChI=1S/C7H12O2/c1-7(9)5-3-2-4-6-8/h2,4,6-7,9H,3,5H2,1H3/b4-2+/t7-/m0/s1. The van der Waals surface area contributed by atoms with Gasteiger partial charge in [0.2, 0.25) is 0 Å². The molecule has 0 aliphatic rings. The van der Waals surface area contributed by atoms with Crippen LogP contribution in [0.1, 0.15) is 19.8 Å². The zero-order valence-electron chi connectivity index (χ0n) is 5.58. The summed E-state index contributed by atoms with van der Waals surface area (Å²) in [4.78, 5) is 9.70. The molecule has 1 N–H and O–H groups in total. The summed E-state index contributed by atoms with van der Waals surface area (Å²) >= 11 is 0. The van der Waals surface area contributed by atoms with Gasteiger partial charge in [-0.05, 0) is 25.8 Å². The molecule has 0 radical (unpaired) electrons. The van der Waals surface area contributed by atoms with Crippen LogP contribution in [0.3, 0.4) is 0 Å². The SMILES string of the molecule is C[C@H](O)CC/C=C/C=O. The fraction of sp³-hybridized carbons (Fsp3) is 0.571. The van der Waals surface area contributed by atoms with Crippen LogP contribution in [0.4, 0.5) is 0 Å². The summed E-state index contributed by atoms with van der Waals surface area (Å²) in [5.41, 5.74) is 0. The molecule has 1 atom stereocenters. The minimum atomic E-state index is -0.263. The van der Waals surface area contributed by atoms with Gasteiger partial charge in [0.05, 0.1) is 6.10 Å². The number of hydrogen-bond donors (Lipinski definition) is 1. The van der Waals surface area contributed by atoms with Crippen LogP contribution in [-0.2, 0) is 4.79 Å². The summed E-state index contributed by atoms with van der Waals surface area (Å²) in [7, 11) is 0. The first-order valence-corrected chi connectivity index (χ1v) is 3.05. The summed E-state index contributed by atoms with van der Waals surface area (Å²) < 4.78 is 0. The Morgan fingerprint density at radius 3 is 2.78 bits per heavy atom. The molecule has 0 aromatic carbocycles. The van der Waals surface area contributed by atoms with Gasteiger partial charge in [0, 0.05) is 0 Å². The molecule has 0 fully saturated rings. The molecule has 2 heteroatoms. The largest absolute Gasteiger partial charge is 0.393 e. The molecule has 0 aliphatic heterocycles. The molecular weight excluding hydrogens is 116 g/mol. The maximum atomic E-state index is 9.70. The van der Waals surface area contributed by atoms with E-state index in [1.807, 2.05) is 0 Å². The van der Waals surface area contributed by atoms with Gasteiger partial charge in [0.15, 0.2) is 0 Å². The predicted molar refractivity (Wildman–Crippen MR) is 36.1 cm³/mol. The van der Waals surface area contributed by atoms with Gasteiger partial charge < -0.3 is 5.11 Å². The number of allylic oxidation sites excluding steroid dienone is 2. The Labute approximate surface area is 55.2 Å². The molecule has 0 aliphatic carbocycles. The van der Waals surface area contributed by atoms with Gasteiger partial charge in [-0.15, -0.1) is 0 Å². The zero-order chi connectivity index (χ0) is 7.11. The van der Waals surface area contributed by atoms with Gasteiger partial charge in [-0.1, -0.05) is 6.08 Å². The van der Waals surface area contributed by atoms with Crippen LogP contribution in [0.2, 0.25) is 0 Å². The molecule has 0 aromatic heterocycles. The molecule has 0 unspecified atom stereocenters. The highest BCUT2D eigenvalue weighted by Gasteiger charge is 1.89. The third kappa shape index (κ3) is 7.37. The quantitative estimate of drug-likeness (QED) is 0.451. The summed E-state index contributed by atoms with van der Waals surface area (Å²) in [6, 6.07) is 0. The van der Waals surface area contributed by atoms with Crippen molar-refractivity contribution in [2.24, 2.45) is 0 Å². The van der Waals surface area contributed by atoms with Crippen molar-refractivity contribution in [3.05, 3.63) is 12.2 Å². The van der Waals surface area contributed by atoms with E-state index < -0.39 is 0 Å². The van der Waals surface area contributed by atoms with Crippen molar-refractivity contribution in [2.45, 2.75) is 25.9 Å². The van der Waals surface area contributed by atoms with Gasteiger partial charge in [0.1, 0.15) is 6.29 Å². The van der Waals surface area contributed by atoms with Crippen LogP contribution in [0, 0.1) is 0 Å². The van der Waals surface area contributed by atoms with Crippen molar-refractivity contribution in [1.29, 1.82) is 0 Å². The Balaban J connectivity index is 3.08. The van der Waals surface area contributed by atoms with Crippen LogP contribution >= 0.6 is 0 Å². The molecule has 0 amide bonds. The average Bonchev–Trinajstić information content (AvgIpc) is 1.80. The van der Waals surface area contributed by atoms with Crippen molar-refractivity contribution < 1.29 is 9.90 Å². The number of carbonyl (C=O) groups excluding carboxylic acids is 1. The molecule has 0 rings (SSSR count). The van der Waals surface area contributed by atoms with E-state index in [-0.39, 0.29) is 6.10 Å². The smallest absolute Gasteiger partial charge is 0.142 e. The highest BCUT2D eigenvalue weighted by molar-refractivity contribution is 5.64. The lowest BCUT2D eigenvalue weighted by Gasteiger charge is -1.96. The van der Waals surface area contributed by atoms with Crippen LogP contribution in [-0.4, -0.2) is 17.5 Å². The predicted octanol–water partition coefficient (Wildman–Crippen LogP) is 0.902. The van der Waals surface area contributed by atoms with Crippen molar-refractivity contribution in [2.75, 3.05) is 0 Å². The molecule has 0 bridgehead atoms. The van der Waals surface area contributed by atoms with E-state index in [0.29, 0.717) is 0 Å². The topological polar surface area (TPSA) is 37.3 Å². The van der Waals surface area contributed by atoms with Gasteiger partial charge in [0.25, 0.3) is 0 Å². The zero-order valence-corrected chi connectivity index (χ0v) is 5.58. The van der Waals surface area contributed by atoms with Crippen molar-refractivity contribution in [1.82, 2.24) is 0 Å². The second-order valence-corrected chi connectivity index (χ2v) is 1.99. The minimum absolute atomic E-state index is 0.263. The molecular formula is C7H12O2. The number of rotatable bonds is 4. The Bertz CT molecular complexity index is 95.1. The first kappa shape index (κ1) is 8.37. The third-order valence-corrected chi connectivity index (χ3v) is 0.966. The molecule has 0 spiro atoms. The Morgan fingerprint density at radius 2 is 2.33 bits per heavy atom. The van der Waals surface area contributed by atoms with Crippen molar-refractivity contribution in [3.8, 4) is 0 Å². The van der Waals surface area contributed by atoms with Crippen molar-refractivity contribution in [3.63, 3.8) is 0 Å². The van der Waals surface area contributed by atoms with Crippen LogP contribution in [0.25, 0.3) is 0 Å². The Kier molecular flexibility index (Phi) is 5.12. The maximum Gasteiger partial charge on any atom is 0.142 e. The molecule has 0 heterocycles. The van der Waals surface area contributed by atoms with Crippen LogP contribution in [0.5, 0.6) is 0 Å². The highest BCUT2D eigenvalue weighted by Crippen LogP contribution is 1.95. The second-order valence-electron chi connectivity index (χ2n) is 1.99. The molecule has 2 nitrogen and oxygen atoms in total. The molecule has 9 heavy (non-hydrogen) atoms. The van der Waals surface area contributed by atoms with Gasteiger partial charge >= 0.3 is 0 Å². The second kappa shape index (κ2) is 5.51. The fourth-order valence-electron chi connectivity index (χ4n) is 0.489. The van der Waals surface area contributed by atoms with Crippen LogP contribution in [0.15, 0.2) is 12.2 Å². The number of aliphatic hydroxyl groups excluding tert-OH is 1. The number of aliphatic hydroxyl groups is 1. The molecule has 0 saturated carbocycles. The number of hydrogen-bond acceptors (Lipinski definition) is 2. The fourth-order valence-corrected chi connectivity index (χ4v) is 0.489. The number of aldehydes is 1. The van der Waals surface area contributed by atoms with Crippen LogP contribution < -0.4 is 0 Å². The van der Waals surface area contributed by atoms with E-state index in [4.69, 9.17) is 5.11 Å². The minimum Gasteiger partial charge on any atom is -0.393 e. The van der Waals surface area contributed by atoms with Gasteiger partial charge in [-0.2, -0.15) is 0 Å². The summed E-state index contributed by atoms with van der Waals surface area (Å²) in [6.45, 7) is 1.73. The summed E-state index contributed by atoms with van der Waals surface area (Å²) in [6.07, 6.45) is 5.17. The Morgan fingerprint density at radius 1 is 1.67 bits per heavy atom. The van der Waals surface area contributed by atoms with Gasteiger partial charge in [-0.25, -0.2) is 0 Å². The lowest BCUT2D eigenvalue weighted by Crippen LogP contribution is -1.96. The summed E-state index contributed by atoms with van der Waals surface area (Å²) in [5, 5.41) is 8.73.